The maximum absolute atomic E-state index is 11.2. The summed E-state index contributed by atoms with van der Waals surface area (Å²) in [7, 11) is 0. The van der Waals surface area contributed by atoms with Gasteiger partial charge in [0.25, 0.3) is 0 Å². The van der Waals surface area contributed by atoms with Gasteiger partial charge in [-0.05, 0) is 13.8 Å². The van der Waals surface area contributed by atoms with Gasteiger partial charge in [-0.3, -0.25) is 4.79 Å². The zero-order valence-electron chi connectivity index (χ0n) is 8.32. The number of carbonyl (C=O) groups is 2. The van der Waals surface area contributed by atoms with Crippen LogP contribution in [-0.2, 0) is 14.3 Å². The molecule has 0 aromatic rings. The molecule has 0 bridgehead atoms. The van der Waals surface area contributed by atoms with Crippen molar-refractivity contribution >= 4 is 11.9 Å². The monoisotopic (exact) mass is 198 g/mol. The molecule has 0 fully saturated rings. The van der Waals surface area contributed by atoms with Crippen LogP contribution >= 0.6 is 0 Å². The lowest BCUT2D eigenvalue weighted by molar-refractivity contribution is -0.142. The Kier molecular flexibility index (Phi) is 6.11. The van der Waals surface area contributed by atoms with Gasteiger partial charge in [0.05, 0.1) is 13.0 Å². The Labute approximate surface area is 82.9 Å². The second-order valence-electron chi connectivity index (χ2n) is 2.51. The van der Waals surface area contributed by atoms with E-state index < -0.39 is 11.9 Å². The van der Waals surface area contributed by atoms with Crippen molar-refractivity contribution in [1.29, 1.82) is 0 Å². The second kappa shape index (κ2) is 6.88. The molecule has 0 aliphatic carbocycles. The van der Waals surface area contributed by atoms with Crippen molar-refractivity contribution in [3.05, 3.63) is 23.8 Å². The molecule has 0 unspecified atom stereocenters. The van der Waals surface area contributed by atoms with Gasteiger partial charge in [0, 0.05) is 5.57 Å². The van der Waals surface area contributed by atoms with E-state index in [0.717, 1.165) is 0 Å². The predicted octanol–water partition coefficient (Wildman–Crippen LogP) is 1.53. The van der Waals surface area contributed by atoms with Crippen LogP contribution in [0.25, 0.3) is 0 Å². The van der Waals surface area contributed by atoms with Crippen LogP contribution in [0.3, 0.4) is 0 Å². The number of hydrogen-bond acceptors (Lipinski definition) is 3. The smallest absolute Gasteiger partial charge is 0.334 e. The third-order valence-electron chi connectivity index (χ3n) is 1.37. The standard InChI is InChI=1S/C10H14O4/c1-3-5-6-8(7-9(11)12)10(13)14-4-2/h3,5-6H,4,7H2,1-2H3,(H,11,12)/b5-3+,8-6+. The molecule has 0 aliphatic heterocycles. The number of hydrogen-bond donors (Lipinski definition) is 1. The summed E-state index contributed by atoms with van der Waals surface area (Å²) >= 11 is 0. The van der Waals surface area contributed by atoms with Crippen molar-refractivity contribution in [2.45, 2.75) is 20.3 Å². The van der Waals surface area contributed by atoms with Gasteiger partial charge in [0.2, 0.25) is 0 Å². The van der Waals surface area contributed by atoms with Gasteiger partial charge in [0.15, 0.2) is 0 Å². The zero-order chi connectivity index (χ0) is 11.0. The number of carboxylic acid groups (broad SMARTS) is 1. The number of ether oxygens (including phenoxy) is 1. The lowest BCUT2D eigenvalue weighted by Gasteiger charge is -2.02. The van der Waals surface area contributed by atoms with Gasteiger partial charge in [0.1, 0.15) is 0 Å². The first kappa shape index (κ1) is 12.4. The highest BCUT2D eigenvalue weighted by Gasteiger charge is 2.12. The molecule has 14 heavy (non-hydrogen) atoms. The molecule has 0 aromatic carbocycles. The fourth-order valence-electron chi connectivity index (χ4n) is 0.798. The van der Waals surface area contributed by atoms with E-state index in [4.69, 9.17) is 9.84 Å². The van der Waals surface area contributed by atoms with Crippen LogP contribution in [0.5, 0.6) is 0 Å². The molecule has 0 heterocycles. The van der Waals surface area contributed by atoms with Gasteiger partial charge < -0.3 is 9.84 Å². The van der Waals surface area contributed by atoms with E-state index in [-0.39, 0.29) is 18.6 Å². The first-order chi connectivity index (χ1) is 6.61. The molecule has 0 saturated carbocycles. The average Bonchev–Trinajstić information content (AvgIpc) is 2.12. The fraction of sp³-hybridized carbons (Fsp3) is 0.400. The van der Waals surface area contributed by atoms with Gasteiger partial charge in [-0.15, -0.1) is 0 Å². The maximum atomic E-state index is 11.2. The number of rotatable bonds is 5. The Morgan fingerprint density at radius 2 is 2.07 bits per heavy atom. The van der Waals surface area contributed by atoms with Crippen LogP contribution < -0.4 is 0 Å². The highest BCUT2D eigenvalue weighted by Crippen LogP contribution is 2.04. The molecule has 0 radical (unpaired) electrons. The van der Waals surface area contributed by atoms with Crippen LogP contribution in [-0.4, -0.2) is 23.7 Å². The van der Waals surface area contributed by atoms with Gasteiger partial charge >= 0.3 is 11.9 Å². The molecule has 0 aliphatic rings. The van der Waals surface area contributed by atoms with E-state index in [1.807, 2.05) is 0 Å². The molecule has 0 amide bonds. The summed E-state index contributed by atoms with van der Waals surface area (Å²) in [6.07, 6.45) is 4.45. The number of allylic oxidation sites excluding steroid dienone is 3. The third kappa shape index (κ3) is 5.13. The Bertz CT molecular complexity index is 263. The van der Waals surface area contributed by atoms with E-state index in [0.29, 0.717) is 0 Å². The number of aliphatic carboxylic acids is 1. The quantitative estimate of drug-likeness (QED) is 0.413. The molecular formula is C10H14O4. The van der Waals surface area contributed by atoms with E-state index >= 15 is 0 Å². The SMILES string of the molecule is C/C=C/C=C(\CC(=O)O)C(=O)OCC. The minimum Gasteiger partial charge on any atom is -0.481 e. The van der Waals surface area contributed by atoms with Gasteiger partial charge in [-0.2, -0.15) is 0 Å². The third-order valence-corrected chi connectivity index (χ3v) is 1.37. The van der Waals surface area contributed by atoms with Crippen molar-refractivity contribution in [3.63, 3.8) is 0 Å². The summed E-state index contributed by atoms with van der Waals surface area (Å²) in [5.41, 5.74) is 0.150. The minimum absolute atomic E-state index is 0.150. The van der Waals surface area contributed by atoms with Gasteiger partial charge in [-0.25, -0.2) is 4.79 Å². The summed E-state index contributed by atoms with van der Waals surface area (Å²) in [6.45, 7) is 3.69. The predicted molar refractivity (Wildman–Crippen MR) is 51.8 cm³/mol. The topological polar surface area (TPSA) is 63.6 Å². The summed E-state index contributed by atoms with van der Waals surface area (Å²) in [6, 6.07) is 0. The molecule has 0 rings (SSSR count). The lowest BCUT2D eigenvalue weighted by atomic mass is 10.2. The van der Waals surface area contributed by atoms with Crippen molar-refractivity contribution in [2.24, 2.45) is 0 Å². The second-order valence-corrected chi connectivity index (χ2v) is 2.51. The highest BCUT2D eigenvalue weighted by atomic mass is 16.5. The molecular weight excluding hydrogens is 184 g/mol. The Balaban J connectivity index is 4.54. The zero-order valence-corrected chi connectivity index (χ0v) is 8.32. The largest absolute Gasteiger partial charge is 0.481 e. The first-order valence-corrected chi connectivity index (χ1v) is 4.32. The maximum Gasteiger partial charge on any atom is 0.334 e. The van der Waals surface area contributed by atoms with E-state index in [1.165, 1.54) is 6.08 Å². The molecule has 0 aromatic heterocycles. The van der Waals surface area contributed by atoms with E-state index in [9.17, 15) is 9.59 Å². The number of carbonyl (C=O) groups excluding carboxylic acids is 1. The van der Waals surface area contributed by atoms with Crippen molar-refractivity contribution in [2.75, 3.05) is 6.61 Å². The Morgan fingerprint density at radius 1 is 1.43 bits per heavy atom. The van der Waals surface area contributed by atoms with Crippen molar-refractivity contribution in [3.8, 4) is 0 Å². The van der Waals surface area contributed by atoms with E-state index in [2.05, 4.69) is 0 Å². The molecule has 0 atom stereocenters. The summed E-state index contributed by atoms with van der Waals surface area (Å²) < 4.78 is 4.70. The number of carboxylic acids is 1. The van der Waals surface area contributed by atoms with Crippen LogP contribution in [0, 0.1) is 0 Å². The molecule has 1 N–H and O–H groups in total. The normalized spacial score (nSPS) is 11.7. The molecule has 0 saturated heterocycles. The summed E-state index contributed by atoms with van der Waals surface area (Å²) in [5, 5.41) is 8.53. The van der Waals surface area contributed by atoms with E-state index in [1.54, 1.807) is 26.0 Å². The molecule has 78 valence electrons. The van der Waals surface area contributed by atoms with Crippen LogP contribution in [0.2, 0.25) is 0 Å². The van der Waals surface area contributed by atoms with Gasteiger partial charge in [-0.1, -0.05) is 18.2 Å². The van der Waals surface area contributed by atoms with Crippen LogP contribution in [0.4, 0.5) is 0 Å². The van der Waals surface area contributed by atoms with Crippen molar-refractivity contribution in [1.82, 2.24) is 0 Å². The summed E-state index contributed by atoms with van der Waals surface area (Å²) in [4.78, 5) is 21.6. The van der Waals surface area contributed by atoms with Crippen LogP contribution in [0.1, 0.15) is 20.3 Å². The number of esters is 1. The van der Waals surface area contributed by atoms with Crippen molar-refractivity contribution < 1.29 is 19.4 Å². The molecule has 4 nitrogen and oxygen atoms in total. The molecule has 4 heteroatoms. The summed E-state index contributed by atoms with van der Waals surface area (Å²) in [5.74, 6) is -1.62. The van der Waals surface area contributed by atoms with Crippen LogP contribution in [0.15, 0.2) is 23.8 Å². The average molecular weight is 198 g/mol. The lowest BCUT2D eigenvalue weighted by Crippen LogP contribution is -2.11. The fourth-order valence-corrected chi connectivity index (χ4v) is 0.798. The highest BCUT2D eigenvalue weighted by molar-refractivity contribution is 5.93. The molecule has 0 spiro atoms. The Morgan fingerprint density at radius 3 is 2.50 bits per heavy atom. The minimum atomic E-state index is -1.05. The first-order valence-electron chi connectivity index (χ1n) is 4.32. The Hall–Kier alpha value is -1.58.